The summed E-state index contributed by atoms with van der Waals surface area (Å²) in [5.41, 5.74) is 14.0. The van der Waals surface area contributed by atoms with Crippen LogP contribution in [-0.2, 0) is 0 Å². The predicted octanol–water partition coefficient (Wildman–Crippen LogP) is 13.6. The van der Waals surface area contributed by atoms with Crippen LogP contribution in [0.25, 0.3) is 112 Å². The fourth-order valence-corrected chi connectivity index (χ4v) is 8.17. The molecule has 0 saturated heterocycles. The number of hydrogen-bond acceptors (Lipinski definition) is 7. The van der Waals surface area contributed by atoms with Crippen LogP contribution in [0.2, 0.25) is 0 Å². The van der Waals surface area contributed by atoms with Crippen molar-refractivity contribution < 1.29 is 0 Å². The molecule has 0 N–H and O–H groups in total. The van der Waals surface area contributed by atoms with Gasteiger partial charge in [0.25, 0.3) is 0 Å². The maximum atomic E-state index is 5.20. The number of fused-ring (bicyclic) bond motifs is 1. The van der Waals surface area contributed by atoms with Crippen LogP contribution in [0.3, 0.4) is 0 Å². The van der Waals surface area contributed by atoms with E-state index in [9.17, 15) is 0 Å². The lowest BCUT2D eigenvalue weighted by Crippen LogP contribution is -2.01. The summed E-state index contributed by atoms with van der Waals surface area (Å²) in [5.74, 6) is 1.76. The third-order valence-electron chi connectivity index (χ3n) is 11.3. The van der Waals surface area contributed by atoms with Gasteiger partial charge < -0.3 is 0 Å². The van der Waals surface area contributed by atoms with Crippen molar-refractivity contribution in [3.05, 3.63) is 225 Å². The molecule has 0 fully saturated rings. The largest absolute Gasteiger partial charge is 0.256 e. The Morgan fingerprint density at radius 1 is 0.219 bits per heavy atom. The highest BCUT2D eigenvalue weighted by Crippen LogP contribution is 2.40. The zero-order valence-corrected chi connectivity index (χ0v) is 34.5. The minimum absolute atomic E-state index is 0.567. The monoisotopic (exact) mass is 819 g/mol. The van der Waals surface area contributed by atoms with E-state index in [2.05, 4.69) is 125 Å². The van der Waals surface area contributed by atoms with Crippen LogP contribution in [0.5, 0.6) is 0 Å². The van der Waals surface area contributed by atoms with E-state index < -0.39 is 0 Å². The molecule has 11 aromatic rings. The van der Waals surface area contributed by atoms with E-state index in [1.807, 2.05) is 97.2 Å². The number of nitrogens with zero attached hydrogens (tertiary/aromatic N) is 7. The van der Waals surface area contributed by atoms with Gasteiger partial charge in [-0.1, -0.05) is 140 Å². The van der Waals surface area contributed by atoms with Crippen molar-refractivity contribution in [1.82, 2.24) is 34.9 Å². The van der Waals surface area contributed by atoms with Crippen molar-refractivity contribution in [3.63, 3.8) is 0 Å². The van der Waals surface area contributed by atoms with Crippen LogP contribution < -0.4 is 0 Å². The first kappa shape index (κ1) is 38.1. The summed E-state index contributed by atoms with van der Waals surface area (Å²) in [4.78, 5) is 34.6. The molecule has 0 saturated carbocycles. The van der Waals surface area contributed by atoms with E-state index in [1.54, 1.807) is 12.4 Å². The molecular weight excluding hydrogens is 783 g/mol. The third-order valence-corrected chi connectivity index (χ3v) is 11.3. The summed E-state index contributed by atoms with van der Waals surface area (Å²) in [7, 11) is 0. The fourth-order valence-electron chi connectivity index (χ4n) is 8.17. The summed E-state index contributed by atoms with van der Waals surface area (Å²) < 4.78 is 0. The molecule has 7 heteroatoms. The van der Waals surface area contributed by atoms with Gasteiger partial charge in [-0.05, 0) is 111 Å². The van der Waals surface area contributed by atoms with Crippen molar-refractivity contribution >= 4 is 10.8 Å². The topological polar surface area (TPSA) is 90.2 Å². The minimum atomic E-state index is 0.567. The normalized spacial score (nSPS) is 11.1. The second-order valence-corrected chi connectivity index (χ2v) is 15.4. The van der Waals surface area contributed by atoms with Gasteiger partial charge in [-0.25, -0.2) is 19.9 Å². The lowest BCUT2D eigenvalue weighted by Gasteiger charge is -2.16. The average molecular weight is 820 g/mol. The van der Waals surface area contributed by atoms with Gasteiger partial charge in [0.2, 0.25) is 0 Å². The Labute approximate surface area is 370 Å². The summed E-state index contributed by atoms with van der Waals surface area (Å²) in [5, 5.41) is 2.20. The number of aromatic nitrogens is 7. The van der Waals surface area contributed by atoms with Crippen LogP contribution in [0.15, 0.2) is 225 Å². The second kappa shape index (κ2) is 16.9. The maximum absolute atomic E-state index is 5.20. The molecule has 64 heavy (non-hydrogen) atoms. The molecule has 11 rings (SSSR count). The Hall–Kier alpha value is -8.81. The molecule has 300 valence electrons. The molecule has 0 amide bonds. The van der Waals surface area contributed by atoms with Gasteiger partial charge in [-0.3, -0.25) is 15.0 Å². The van der Waals surface area contributed by atoms with Gasteiger partial charge in [-0.2, -0.15) is 0 Å². The smallest absolute Gasteiger partial charge is 0.164 e. The number of benzene rings is 6. The molecule has 0 aliphatic heterocycles. The molecule has 5 aromatic heterocycles. The summed E-state index contributed by atoms with van der Waals surface area (Å²) in [6.45, 7) is 0. The van der Waals surface area contributed by atoms with Crippen LogP contribution in [0, 0.1) is 0 Å². The van der Waals surface area contributed by atoms with Gasteiger partial charge in [0.05, 0.1) is 28.5 Å². The quantitative estimate of drug-likeness (QED) is 0.143. The Bertz CT molecular complexity index is 3340. The molecular formula is C57H37N7. The number of hydrogen-bond donors (Lipinski definition) is 0. The maximum Gasteiger partial charge on any atom is 0.164 e. The van der Waals surface area contributed by atoms with Gasteiger partial charge >= 0.3 is 0 Å². The Morgan fingerprint density at radius 3 is 1.14 bits per heavy atom. The Morgan fingerprint density at radius 2 is 0.609 bits per heavy atom. The first-order chi connectivity index (χ1) is 31.7. The van der Waals surface area contributed by atoms with Crippen molar-refractivity contribution in [2.75, 3.05) is 0 Å². The zero-order chi connectivity index (χ0) is 42.7. The van der Waals surface area contributed by atoms with E-state index in [0.717, 1.165) is 94.9 Å². The molecule has 0 unspecified atom stereocenters. The van der Waals surface area contributed by atoms with Crippen LogP contribution in [0.4, 0.5) is 0 Å². The molecule has 0 radical (unpaired) electrons. The summed E-state index contributed by atoms with van der Waals surface area (Å²) >= 11 is 0. The van der Waals surface area contributed by atoms with Crippen LogP contribution in [-0.4, -0.2) is 34.9 Å². The predicted molar refractivity (Wildman–Crippen MR) is 257 cm³/mol. The van der Waals surface area contributed by atoms with Gasteiger partial charge in [0.15, 0.2) is 17.5 Å². The first-order valence-electron chi connectivity index (χ1n) is 21.1. The molecule has 7 nitrogen and oxygen atoms in total. The second-order valence-electron chi connectivity index (χ2n) is 15.4. The van der Waals surface area contributed by atoms with E-state index in [1.165, 1.54) is 0 Å². The van der Waals surface area contributed by atoms with E-state index in [-0.39, 0.29) is 0 Å². The highest BCUT2D eigenvalue weighted by molar-refractivity contribution is 6.06. The standard InChI is InChI=1S/C57H37N7/c1-3-15-38(16-4-1)39-24-26-41(27-25-39)56-62-55(40-17-5-2-6-18-40)63-57(64-56)45-34-42(33-44(35-45)50-21-9-12-30-58-50)46-28-29-47(49-20-8-7-19-48(46)49)43-36-53(51-22-10-13-31-59-51)61-54(37-43)52-23-11-14-32-60-52/h1-37H. The van der Waals surface area contributed by atoms with Gasteiger partial charge in [0, 0.05) is 40.8 Å². The highest BCUT2D eigenvalue weighted by Gasteiger charge is 2.18. The lowest BCUT2D eigenvalue weighted by molar-refractivity contribution is 1.07. The fraction of sp³-hybridized carbons (Fsp3) is 0. The molecule has 0 bridgehead atoms. The molecule has 0 spiro atoms. The Balaban J connectivity index is 1.08. The lowest BCUT2D eigenvalue weighted by atomic mass is 9.90. The van der Waals surface area contributed by atoms with Crippen molar-refractivity contribution in [1.29, 1.82) is 0 Å². The molecule has 5 heterocycles. The van der Waals surface area contributed by atoms with E-state index in [4.69, 9.17) is 24.9 Å². The minimum Gasteiger partial charge on any atom is -0.256 e. The molecule has 0 aliphatic rings. The summed E-state index contributed by atoms with van der Waals surface area (Å²) in [6, 6.07) is 70.4. The third kappa shape index (κ3) is 7.70. The SMILES string of the molecule is c1ccc(-c2ccc(-c3nc(-c4ccccc4)nc(-c4cc(-c5ccccn5)cc(-c5ccc(-c6cc(-c7ccccn7)nc(-c7ccccn7)c6)c6ccccc56)c4)n3)cc2)cc1. The van der Waals surface area contributed by atoms with E-state index >= 15 is 0 Å². The van der Waals surface area contributed by atoms with Crippen molar-refractivity contribution in [2.45, 2.75) is 0 Å². The van der Waals surface area contributed by atoms with Crippen LogP contribution >= 0.6 is 0 Å². The van der Waals surface area contributed by atoms with Crippen LogP contribution in [0.1, 0.15) is 0 Å². The molecule has 6 aromatic carbocycles. The molecule has 0 atom stereocenters. The first-order valence-corrected chi connectivity index (χ1v) is 21.1. The number of pyridine rings is 4. The average Bonchev–Trinajstić information content (AvgIpc) is 3.39. The number of rotatable bonds is 9. The zero-order valence-electron chi connectivity index (χ0n) is 34.5. The molecule has 0 aliphatic carbocycles. The highest BCUT2D eigenvalue weighted by atomic mass is 15.0. The van der Waals surface area contributed by atoms with E-state index in [0.29, 0.717) is 17.5 Å². The summed E-state index contributed by atoms with van der Waals surface area (Å²) in [6.07, 6.45) is 5.42. The van der Waals surface area contributed by atoms with Crippen molar-refractivity contribution in [2.24, 2.45) is 0 Å². The van der Waals surface area contributed by atoms with Gasteiger partial charge in [-0.15, -0.1) is 0 Å². The Kier molecular flexibility index (Phi) is 10.1. The van der Waals surface area contributed by atoms with Gasteiger partial charge in [0.1, 0.15) is 0 Å². The van der Waals surface area contributed by atoms with Crippen molar-refractivity contribution in [3.8, 4) is 102 Å².